The first-order valence-electron chi connectivity index (χ1n) is 6.64. The number of hydrogen-bond acceptors (Lipinski definition) is 4. The fraction of sp³-hybridized carbons (Fsp3) is 0.923. The summed E-state index contributed by atoms with van der Waals surface area (Å²) in [5.74, 6) is 0.0427. The van der Waals surface area contributed by atoms with Crippen molar-refractivity contribution in [2.75, 3.05) is 33.4 Å². The van der Waals surface area contributed by atoms with E-state index in [1.807, 2.05) is 27.7 Å². The lowest BCUT2D eigenvalue weighted by Gasteiger charge is -2.23. The van der Waals surface area contributed by atoms with Crippen LogP contribution in [0.3, 0.4) is 0 Å². The largest absolute Gasteiger partial charge is 0.359 e. The zero-order chi connectivity index (χ0) is 14.0. The van der Waals surface area contributed by atoms with Gasteiger partial charge in [-0.25, -0.2) is 0 Å². The molecule has 0 aromatic carbocycles. The number of ether oxygens (including phenoxy) is 2. The molecule has 0 saturated heterocycles. The molecule has 5 heteroatoms. The van der Waals surface area contributed by atoms with Crippen LogP contribution < -0.4 is 10.6 Å². The maximum atomic E-state index is 11.6. The fourth-order valence-electron chi connectivity index (χ4n) is 1.63. The van der Waals surface area contributed by atoms with Gasteiger partial charge < -0.3 is 20.1 Å². The fourth-order valence-corrected chi connectivity index (χ4v) is 1.63. The van der Waals surface area contributed by atoms with E-state index in [4.69, 9.17) is 9.47 Å². The Kier molecular flexibility index (Phi) is 8.97. The van der Waals surface area contributed by atoms with E-state index in [-0.39, 0.29) is 12.2 Å². The molecular weight excluding hydrogens is 232 g/mol. The third-order valence-electron chi connectivity index (χ3n) is 2.67. The first-order chi connectivity index (χ1) is 8.47. The zero-order valence-corrected chi connectivity index (χ0v) is 12.3. The quantitative estimate of drug-likeness (QED) is 0.457. The topological polar surface area (TPSA) is 59.6 Å². The van der Waals surface area contributed by atoms with Crippen LogP contribution in [0.5, 0.6) is 0 Å². The van der Waals surface area contributed by atoms with Gasteiger partial charge in [-0.15, -0.1) is 0 Å². The van der Waals surface area contributed by atoms with Gasteiger partial charge in [-0.2, -0.15) is 0 Å². The van der Waals surface area contributed by atoms with E-state index >= 15 is 0 Å². The van der Waals surface area contributed by atoms with E-state index in [2.05, 4.69) is 10.6 Å². The molecule has 2 N–H and O–H groups in total. The molecule has 0 rings (SSSR count). The van der Waals surface area contributed by atoms with Gasteiger partial charge in [-0.05, 0) is 34.2 Å². The lowest BCUT2D eigenvalue weighted by atomic mass is 9.92. The minimum absolute atomic E-state index is 0.0427. The zero-order valence-electron chi connectivity index (χ0n) is 12.3. The Morgan fingerprint density at radius 3 is 2.22 bits per heavy atom. The Morgan fingerprint density at radius 2 is 1.78 bits per heavy atom. The van der Waals surface area contributed by atoms with Gasteiger partial charge >= 0.3 is 0 Å². The van der Waals surface area contributed by atoms with Gasteiger partial charge in [0.2, 0.25) is 5.91 Å². The van der Waals surface area contributed by atoms with Gasteiger partial charge in [0.05, 0.1) is 5.41 Å². The van der Waals surface area contributed by atoms with Crippen molar-refractivity contribution in [2.45, 2.75) is 40.4 Å². The number of hydrogen-bond donors (Lipinski definition) is 2. The highest BCUT2D eigenvalue weighted by atomic mass is 16.7. The highest BCUT2D eigenvalue weighted by molar-refractivity contribution is 5.81. The van der Waals surface area contributed by atoms with Crippen LogP contribution in [0.15, 0.2) is 0 Å². The highest BCUT2D eigenvalue weighted by Gasteiger charge is 2.25. The average molecular weight is 260 g/mol. The Labute approximate surface area is 111 Å². The van der Waals surface area contributed by atoms with Crippen molar-refractivity contribution in [2.24, 2.45) is 5.41 Å². The molecule has 0 bridgehead atoms. The van der Waals surface area contributed by atoms with E-state index in [1.165, 1.54) is 0 Å². The first-order valence-corrected chi connectivity index (χ1v) is 6.64. The second-order valence-electron chi connectivity index (χ2n) is 4.77. The normalized spacial score (nSPS) is 11.9. The van der Waals surface area contributed by atoms with Gasteiger partial charge in [0.1, 0.15) is 0 Å². The molecule has 0 fully saturated rings. The van der Waals surface area contributed by atoms with Crippen LogP contribution in [0.25, 0.3) is 0 Å². The van der Waals surface area contributed by atoms with Gasteiger partial charge in [0, 0.05) is 33.2 Å². The van der Waals surface area contributed by atoms with E-state index in [0.29, 0.717) is 19.8 Å². The number of carbonyl (C=O) groups excluding carboxylic acids is 1. The molecule has 0 radical (unpaired) electrons. The predicted octanol–water partition coefficient (Wildman–Crippen LogP) is 1.14. The van der Waals surface area contributed by atoms with Crippen LogP contribution in [-0.2, 0) is 14.3 Å². The highest BCUT2D eigenvalue weighted by Crippen LogP contribution is 2.13. The molecule has 0 aliphatic heterocycles. The van der Waals surface area contributed by atoms with Gasteiger partial charge in [0.25, 0.3) is 0 Å². The Balaban J connectivity index is 3.86. The molecule has 108 valence electrons. The molecule has 0 aromatic heterocycles. The minimum atomic E-state index is -0.401. The number of carbonyl (C=O) groups is 1. The first kappa shape index (κ1) is 17.4. The molecule has 0 unspecified atom stereocenters. The second-order valence-corrected chi connectivity index (χ2v) is 4.77. The monoisotopic (exact) mass is 260 g/mol. The van der Waals surface area contributed by atoms with Crippen LogP contribution in [0.4, 0.5) is 0 Å². The van der Waals surface area contributed by atoms with E-state index in [9.17, 15) is 4.79 Å². The Bertz CT molecular complexity index is 226. The third-order valence-corrected chi connectivity index (χ3v) is 2.67. The van der Waals surface area contributed by atoms with Crippen molar-refractivity contribution in [1.29, 1.82) is 0 Å². The molecule has 5 nitrogen and oxygen atoms in total. The molecular formula is C13H28N2O3. The summed E-state index contributed by atoms with van der Waals surface area (Å²) >= 11 is 0. The minimum Gasteiger partial charge on any atom is -0.359 e. The molecule has 18 heavy (non-hydrogen) atoms. The molecule has 1 amide bonds. The summed E-state index contributed by atoms with van der Waals surface area (Å²) < 4.78 is 10.9. The van der Waals surface area contributed by atoms with E-state index in [0.717, 1.165) is 13.0 Å². The summed E-state index contributed by atoms with van der Waals surface area (Å²) in [6.07, 6.45) is 0.626. The van der Waals surface area contributed by atoms with Gasteiger partial charge in [0.15, 0.2) is 6.29 Å². The molecule has 0 aliphatic rings. The Morgan fingerprint density at radius 1 is 1.22 bits per heavy atom. The summed E-state index contributed by atoms with van der Waals surface area (Å²) in [5, 5.41) is 5.93. The van der Waals surface area contributed by atoms with Crippen molar-refractivity contribution in [3.63, 3.8) is 0 Å². The SMILES string of the molecule is CCOC(CCNCC(C)(C)C(=O)NC)OCC. The maximum Gasteiger partial charge on any atom is 0.226 e. The van der Waals surface area contributed by atoms with E-state index < -0.39 is 5.41 Å². The summed E-state index contributed by atoms with van der Waals surface area (Å²) in [5.41, 5.74) is -0.401. The van der Waals surface area contributed by atoms with Crippen molar-refractivity contribution in [3.05, 3.63) is 0 Å². The number of nitrogens with one attached hydrogen (secondary N) is 2. The summed E-state index contributed by atoms with van der Waals surface area (Å²) in [6.45, 7) is 10.4. The van der Waals surface area contributed by atoms with Crippen LogP contribution in [0, 0.1) is 5.41 Å². The number of rotatable bonds is 10. The molecule has 0 aliphatic carbocycles. The smallest absolute Gasteiger partial charge is 0.226 e. The van der Waals surface area contributed by atoms with Crippen LogP contribution in [-0.4, -0.2) is 45.5 Å². The Hall–Kier alpha value is -0.650. The molecule has 0 saturated carbocycles. The maximum absolute atomic E-state index is 11.6. The summed E-state index contributed by atoms with van der Waals surface area (Å²) in [6, 6.07) is 0. The van der Waals surface area contributed by atoms with Gasteiger partial charge in [-0.3, -0.25) is 4.79 Å². The van der Waals surface area contributed by atoms with Crippen LogP contribution >= 0.6 is 0 Å². The second kappa shape index (κ2) is 9.30. The van der Waals surface area contributed by atoms with Crippen molar-refractivity contribution < 1.29 is 14.3 Å². The molecule has 0 heterocycles. The standard InChI is InChI=1S/C13H28N2O3/c1-6-17-11(18-7-2)8-9-15-10-13(3,4)12(16)14-5/h11,15H,6-10H2,1-5H3,(H,14,16). The molecule has 0 spiro atoms. The van der Waals surface area contributed by atoms with E-state index in [1.54, 1.807) is 7.05 Å². The third kappa shape index (κ3) is 6.93. The average Bonchev–Trinajstić information content (AvgIpc) is 2.34. The molecule has 0 atom stereocenters. The van der Waals surface area contributed by atoms with Crippen molar-refractivity contribution in [1.82, 2.24) is 10.6 Å². The summed E-state index contributed by atoms with van der Waals surface area (Å²) in [7, 11) is 1.66. The van der Waals surface area contributed by atoms with Crippen molar-refractivity contribution in [3.8, 4) is 0 Å². The lowest BCUT2D eigenvalue weighted by molar-refractivity contribution is -0.138. The predicted molar refractivity (Wildman–Crippen MR) is 72.4 cm³/mol. The van der Waals surface area contributed by atoms with Crippen LogP contribution in [0.1, 0.15) is 34.1 Å². The lowest BCUT2D eigenvalue weighted by Crippen LogP contribution is -2.42. The number of amides is 1. The van der Waals surface area contributed by atoms with Crippen LogP contribution in [0.2, 0.25) is 0 Å². The molecule has 0 aromatic rings. The van der Waals surface area contributed by atoms with Gasteiger partial charge in [-0.1, -0.05) is 0 Å². The summed E-state index contributed by atoms with van der Waals surface area (Å²) in [4.78, 5) is 11.6. The van der Waals surface area contributed by atoms with Crippen molar-refractivity contribution >= 4 is 5.91 Å².